The van der Waals surface area contributed by atoms with Gasteiger partial charge in [0.1, 0.15) is 11.5 Å². The molecule has 0 radical (unpaired) electrons. The van der Waals surface area contributed by atoms with E-state index in [2.05, 4.69) is 11.8 Å². The molecule has 1 aliphatic heterocycles. The van der Waals surface area contributed by atoms with Crippen LogP contribution in [0.2, 0.25) is 0 Å². The van der Waals surface area contributed by atoms with E-state index in [0.29, 0.717) is 17.7 Å². The SMILES string of the molecule is COc1ccc(O)c(CN2CC(CN)CC2C)c1. The molecule has 2 rings (SSSR count). The predicted octanol–water partition coefficient (Wildman–Crippen LogP) is 1.57. The van der Waals surface area contributed by atoms with Crippen molar-refractivity contribution in [2.75, 3.05) is 20.2 Å². The van der Waals surface area contributed by atoms with Crippen LogP contribution in [0.3, 0.4) is 0 Å². The Hall–Kier alpha value is -1.26. The van der Waals surface area contributed by atoms with Gasteiger partial charge in [-0.1, -0.05) is 0 Å². The molecule has 3 N–H and O–H groups in total. The summed E-state index contributed by atoms with van der Waals surface area (Å²) in [6.07, 6.45) is 1.14. The van der Waals surface area contributed by atoms with Crippen molar-refractivity contribution in [3.05, 3.63) is 23.8 Å². The molecule has 2 unspecified atom stereocenters. The van der Waals surface area contributed by atoms with Crippen molar-refractivity contribution >= 4 is 0 Å². The maximum atomic E-state index is 9.89. The molecule has 1 aromatic carbocycles. The van der Waals surface area contributed by atoms with Crippen LogP contribution in [0.15, 0.2) is 18.2 Å². The van der Waals surface area contributed by atoms with Gasteiger partial charge in [-0.05, 0) is 44.0 Å². The number of hydrogen-bond acceptors (Lipinski definition) is 4. The van der Waals surface area contributed by atoms with Crippen molar-refractivity contribution in [3.63, 3.8) is 0 Å². The first-order valence-electron chi connectivity index (χ1n) is 6.44. The molecule has 0 aliphatic carbocycles. The van der Waals surface area contributed by atoms with Crippen LogP contribution in [0.5, 0.6) is 11.5 Å². The molecule has 0 amide bonds. The van der Waals surface area contributed by atoms with E-state index < -0.39 is 0 Å². The first-order valence-corrected chi connectivity index (χ1v) is 6.44. The van der Waals surface area contributed by atoms with Gasteiger partial charge in [0.25, 0.3) is 0 Å². The zero-order valence-electron chi connectivity index (χ0n) is 11.1. The number of hydrogen-bond donors (Lipinski definition) is 2. The number of rotatable bonds is 4. The summed E-state index contributed by atoms with van der Waals surface area (Å²) in [6.45, 7) is 4.72. The van der Waals surface area contributed by atoms with Crippen molar-refractivity contribution < 1.29 is 9.84 Å². The molecule has 4 heteroatoms. The van der Waals surface area contributed by atoms with Gasteiger partial charge in [-0.2, -0.15) is 0 Å². The summed E-state index contributed by atoms with van der Waals surface area (Å²) in [7, 11) is 1.64. The largest absolute Gasteiger partial charge is 0.508 e. The second-order valence-electron chi connectivity index (χ2n) is 5.11. The summed E-state index contributed by atoms with van der Waals surface area (Å²) in [5.41, 5.74) is 6.65. The minimum Gasteiger partial charge on any atom is -0.508 e. The standard InChI is InChI=1S/C14H22N2O2/c1-10-5-11(7-15)8-16(10)9-12-6-13(18-2)3-4-14(12)17/h3-4,6,10-11,17H,5,7-9,15H2,1-2H3. The number of phenols is 1. The topological polar surface area (TPSA) is 58.7 Å². The number of ether oxygens (including phenoxy) is 1. The summed E-state index contributed by atoms with van der Waals surface area (Å²) >= 11 is 0. The molecule has 1 fully saturated rings. The second-order valence-corrected chi connectivity index (χ2v) is 5.11. The van der Waals surface area contributed by atoms with Gasteiger partial charge < -0.3 is 15.6 Å². The number of likely N-dealkylation sites (tertiary alicyclic amines) is 1. The minimum absolute atomic E-state index is 0.333. The van der Waals surface area contributed by atoms with Crippen LogP contribution >= 0.6 is 0 Å². The van der Waals surface area contributed by atoms with E-state index >= 15 is 0 Å². The highest BCUT2D eigenvalue weighted by molar-refractivity contribution is 5.39. The van der Waals surface area contributed by atoms with E-state index in [-0.39, 0.29) is 0 Å². The Bertz CT molecular complexity index is 409. The molecule has 1 saturated heterocycles. The number of nitrogens with two attached hydrogens (primary N) is 1. The van der Waals surface area contributed by atoms with Gasteiger partial charge in [-0.25, -0.2) is 0 Å². The normalized spacial score (nSPS) is 24.4. The molecule has 18 heavy (non-hydrogen) atoms. The number of nitrogens with zero attached hydrogens (tertiary/aromatic N) is 1. The van der Waals surface area contributed by atoms with Crippen molar-refractivity contribution in [1.82, 2.24) is 4.90 Å². The Labute approximate surface area is 108 Å². The second kappa shape index (κ2) is 5.59. The van der Waals surface area contributed by atoms with Gasteiger partial charge in [0.15, 0.2) is 0 Å². The van der Waals surface area contributed by atoms with Crippen molar-refractivity contribution in [2.45, 2.75) is 25.9 Å². The third-order valence-electron chi connectivity index (χ3n) is 3.78. The molecule has 4 nitrogen and oxygen atoms in total. The van der Waals surface area contributed by atoms with Gasteiger partial charge in [0.2, 0.25) is 0 Å². The smallest absolute Gasteiger partial charge is 0.120 e. The lowest BCUT2D eigenvalue weighted by Gasteiger charge is -2.21. The quantitative estimate of drug-likeness (QED) is 0.851. The highest BCUT2D eigenvalue weighted by Crippen LogP contribution is 2.29. The van der Waals surface area contributed by atoms with E-state index in [0.717, 1.165) is 37.4 Å². The average molecular weight is 250 g/mol. The average Bonchev–Trinajstić information content (AvgIpc) is 2.73. The van der Waals surface area contributed by atoms with Gasteiger partial charge in [-0.15, -0.1) is 0 Å². The van der Waals surface area contributed by atoms with Gasteiger partial charge >= 0.3 is 0 Å². The van der Waals surface area contributed by atoms with Crippen LogP contribution < -0.4 is 10.5 Å². The molecule has 0 saturated carbocycles. The summed E-state index contributed by atoms with van der Waals surface area (Å²) in [5, 5.41) is 9.89. The lowest BCUT2D eigenvalue weighted by Crippen LogP contribution is -2.27. The molecular weight excluding hydrogens is 228 g/mol. The Kier molecular flexibility index (Phi) is 4.09. The van der Waals surface area contributed by atoms with Crippen molar-refractivity contribution in [3.8, 4) is 11.5 Å². The van der Waals surface area contributed by atoms with E-state index in [1.165, 1.54) is 0 Å². The molecule has 1 heterocycles. The molecule has 1 aliphatic rings. The van der Waals surface area contributed by atoms with Crippen LogP contribution in [-0.4, -0.2) is 36.2 Å². The predicted molar refractivity (Wildman–Crippen MR) is 71.7 cm³/mol. The number of methoxy groups -OCH3 is 1. The molecule has 100 valence electrons. The zero-order chi connectivity index (χ0) is 13.1. The Morgan fingerprint density at radius 3 is 2.89 bits per heavy atom. The molecular formula is C14H22N2O2. The maximum Gasteiger partial charge on any atom is 0.120 e. The van der Waals surface area contributed by atoms with E-state index in [4.69, 9.17) is 10.5 Å². The van der Waals surface area contributed by atoms with Crippen molar-refractivity contribution in [1.29, 1.82) is 0 Å². The fraction of sp³-hybridized carbons (Fsp3) is 0.571. The lowest BCUT2D eigenvalue weighted by atomic mass is 10.1. The highest BCUT2D eigenvalue weighted by atomic mass is 16.5. The maximum absolute atomic E-state index is 9.89. The van der Waals surface area contributed by atoms with E-state index in [9.17, 15) is 5.11 Å². The van der Waals surface area contributed by atoms with Gasteiger partial charge in [0.05, 0.1) is 7.11 Å². The minimum atomic E-state index is 0.333. The van der Waals surface area contributed by atoms with Crippen LogP contribution in [0.1, 0.15) is 18.9 Å². The lowest BCUT2D eigenvalue weighted by molar-refractivity contribution is 0.252. The summed E-state index contributed by atoms with van der Waals surface area (Å²) in [5.74, 6) is 1.69. The Morgan fingerprint density at radius 1 is 1.50 bits per heavy atom. The molecule has 0 bridgehead atoms. The zero-order valence-corrected chi connectivity index (χ0v) is 11.1. The Balaban J connectivity index is 2.09. The molecule has 2 atom stereocenters. The van der Waals surface area contributed by atoms with Crippen LogP contribution in [0.4, 0.5) is 0 Å². The van der Waals surface area contributed by atoms with Crippen LogP contribution in [0.25, 0.3) is 0 Å². The van der Waals surface area contributed by atoms with E-state index in [1.54, 1.807) is 19.2 Å². The number of aromatic hydroxyl groups is 1. The summed E-state index contributed by atoms with van der Waals surface area (Å²) in [4.78, 5) is 2.37. The Morgan fingerprint density at radius 2 is 2.28 bits per heavy atom. The monoisotopic (exact) mass is 250 g/mol. The molecule has 1 aromatic rings. The third kappa shape index (κ3) is 2.76. The fourth-order valence-corrected chi connectivity index (χ4v) is 2.64. The third-order valence-corrected chi connectivity index (χ3v) is 3.78. The first kappa shape index (κ1) is 13.2. The van der Waals surface area contributed by atoms with Crippen LogP contribution in [-0.2, 0) is 6.54 Å². The van der Waals surface area contributed by atoms with Crippen molar-refractivity contribution in [2.24, 2.45) is 11.7 Å². The summed E-state index contributed by atoms with van der Waals surface area (Å²) < 4.78 is 5.19. The highest BCUT2D eigenvalue weighted by Gasteiger charge is 2.28. The number of phenolic OH excluding ortho intramolecular Hbond substituents is 1. The fourth-order valence-electron chi connectivity index (χ4n) is 2.64. The molecule has 0 aromatic heterocycles. The van der Waals surface area contributed by atoms with Crippen LogP contribution in [0, 0.1) is 5.92 Å². The van der Waals surface area contributed by atoms with E-state index in [1.807, 2.05) is 6.07 Å². The molecule has 0 spiro atoms. The summed E-state index contributed by atoms with van der Waals surface area (Å²) in [6, 6.07) is 5.88. The number of benzene rings is 1. The first-order chi connectivity index (χ1) is 8.63. The van der Waals surface area contributed by atoms with Gasteiger partial charge in [-0.3, -0.25) is 4.90 Å². The van der Waals surface area contributed by atoms with Gasteiger partial charge in [0, 0.05) is 24.7 Å².